The molecule has 1 heterocycles. The van der Waals surface area contributed by atoms with Gasteiger partial charge in [-0.25, -0.2) is 4.98 Å². The van der Waals surface area contributed by atoms with Crippen LogP contribution in [0.3, 0.4) is 0 Å². The van der Waals surface area contributed by atoms with Crippen molar-refractivity contribution in [1.29, 1.82) is 0 Å². The largest absolute Gasteiger partial charge is 0.303 e. The first-order chi connectivity index (χ1) is 13.1. The zero-order valence-corrected chi connectivity index (χ0v) is 17.3. The quantitative estimate of drug-likeness (QED) is 0.323. The first-order valence-electron chi connectivity index (χ1n) is 8.35. The lowest BCUT2D eigenvalue weighted by atomic mass is 10.1. The monoisotopic (exact) mass is 455 g/mol. The molecule has 0 spiro atoms. The van der Waals surface area contributed by atoms with Crippen LogP contribution < -0.4 is 0 Å². The van der Waals surface area contributed by atoms with Crippen LogP contribution in [0.25, 0.3) is 16.9 Å². The molecule has 5 heteroatoms. The first-order valence-corrected chi connectivity index (χ1v) is 9.90. The summed E-state index contributed by atoms with van der Waals surface area (Å²) in [6.45, 7) is 0. The number of benzene rings is 3. The molecule has 0 aliphatic carbocycles. The minimum atomic E-state index is 0.585. The fourth-order valence-corrected chi connectivity index (χ4v) is 3.68. The molecule has 0 atom stereocenters. The highest BCUT2D eigenvalue weighted by molar-refractivity contribution is 9.10. The van der Waals surface area contributed by atoms with E-state index in [-0.39, 0.29) is 0 Å². The summed E-state index contributed by atoms with van der Waals surface area (Å²) >= 11 is 15.9. The van der Waals surface area contributed by atoms with E-state index in [1.807, 2.05) is 54.7 Å². The van der Waals surface area contributed by atoms with Crippen LogP contribution in [-0.4, -0.2) is 9.55 Å². The molecule has 0 saturated carbocycles. The molecule has 27 heavy (non-hydrogen) atoms. The summed E-state index contributed by atoms with van der Waals surface area (Å²) in [4.78, 5) is 4.87. The predicted octanol–water partition coefficient (Wildman–Crippen LogP) is 7.00. The predicted molar refractivity (Wildman–Crippen MR) is 115 cm³/mol. The maximum absolute atomic E-state index is 6.40. The lowest BCUT2D eigenvalue weighted by Crippen LogP contribution is -2.01. The SMILES string of the molecule is Clc1ccc(-c2cn(-c3c[c]ccc3)c(Cc3ccc(Br)cc3)n2)c(Cl)c1. The normalized spacial score (nSPS) is 10.9. The molecule has 133 valence electrons. The van der Waals surface area contributed by atoms with Gasteiger partial charge in [-0.15, -0.1) is 0 Å². The smallest absolute Gasteiger partial charge is 0.118 e. The molecule has 0 unspecified atom stereocenters. The van der Waals surface area contributed by atoms with Gasteiger partial charge in [0.05, 0.1) is 10.7 Å². The van der Waals surface area contributed by atoms with E-state index >= 15 is 0 Å². The van der Waals surface area contributed by atoms with Crippen molar-refractivity contribution in [2.75, 3.05) is 0 Å². The summed E-state index contributed by atoms with van der Waals surface area (Å²) in [6.07, 6.45) is 2.71. The van der Waals surface area contributed by atoms with E-state index in [1.165, 1.54) is 5.56 Å². The Bertz CT molecular complexity index is 1070. The Morgan fingerprint density at radius 3 is 2.56 bits per heavy atom. The molecule has 0 amide bonds. The summed E-state index contributed by atoms with van der Waals surface area (Å²) in [6, 6.07) is 24.7. The van der Waals surface area contributed by atoms with Crippen molar-refractivity contribution in [3.8, 4) is 16.9 Å². The topological polar surface area (TPSA) is 17.8 Å². The van der Waals surface area contributed by atoms with E-state index in [2.05, 4.69) is 38.7 Å². The van der Waals surface area contributed by atoms with Crippen molar-refractivity contribution in [3.05, 3.63) is 105 Å². The Balaban J connectivity index is 1.80. The molecule has 0 bridgehead atoms. The molecular weight excluding hydrogens is 443 g/mol. The molecule has 4 aromatic rings. The Kier molecular flexibility index (Phi) is 5.35. The maximum Gasteiger partial charge on any atom is 0.118 e. The minimum Gasteiger partial charge on any atom is -0.303 e. The summed E-state index contributed by atoms with van der Waals surface area (Å²) in [7, 11) is 0. The molecule has 0 aliphatic rings. The van der Waals surface area contributed by atoms with Gasteiger partial charge in [-0.3, -0.25) is 0 Å². The van der Waals surface area contributed by atoms with Gasteiger partial charge in [0, 0.05) is 33.4 Å². The van der Waals surface area contributed by atoms with Crippen LogP contribution in [0, 0.1) is 6.07 Å². The van der Waals surface area contributed by atoms with Crippen molar-refractivity contribution in [3.63, 3.8) is 0 Å². The van der Waals surface area contributed by atoms with Gasteiger partial charge in [0.15, 0.2) is 0 Å². The van der Waals surface area contributed by atoms with Crippen LogP contribution in [0.5, 0.6) is 0 Å². The van der Waals surface area contributed by atoms with Gasteiger partial charge in [-0.05, 0) is 54.1 Å². The number of hydrogen-bond acceptors (Lipinski definition) is 1. The zero-order valence-electron chi connectivity index (χ0n) is 14.2. The van der Waals surface area contributed by atoms with Crippen molar-refractivity contribution in [1.82, 2.24) is 9.55 Å². The molecular formula is C22H14BrCl2N2. The third-order valence-corrected chi connectivity index (χ3v) is 5.31. The summed E-state index contributed by atoms with van der Waals surface area (Å²) < 4.78 is 3.14. The van der Waals surface area contributed by atoms with Gasteiger partial charge >= 0.3 is 0 Å². The van der Waals surface area contributed by atoms with E-state index < -0.39 is 0 Å². The number of aromatic nitrogens is 2. The number of rotatable bonds is 4. The van der Waals surface area contributed by atoms with Crippen molar-refractivity contribution in [2.24, 2.45) is 0 Å². The van der Waals surface area contributed by atoms with Gasteiger partial charge in [0.2, 0.25) is 0 Å². The van der Waals surface area contributed by atoms with Gasteiger partial charge in [0.25, 0.3) is 0 Å². The second kappa shape index (κ2) is 7.89. The summed E-state index contributed by atoms with van der Waals surface area (Å²) in [5, 5.41) is 1.19. The Labute approximate surface area is 176 Å². The lowest BCUT2D eigenvalue weighted by Gasteiger charge is -2.07. The second-order valence-corrected chi connectivity index (χ2v) is 7.86. The fraction of sp³-hybridized carbons (Fsp3) is 0.0455. The van der Waals surface area contributed by atoms with E-state index in [1.54, 1.807) is 6.07 Å². The lowest BCUT2D eigenvalue weighted by molar-refractivity contribution is 0.913. The van der Waals surface area contributed by atoms with Gasteiger partial charge in [-0.1, -0.05) is 63.4 Å². The molecule has 0 N–H and O–H groups in total. The van der Waals surface area contributed by atoms with Gasteiger partial charge in [-0.2, -0.15) is 0 Å². The zero-order chi connectivity index (χ0) is 18.8. The maximum atomic E-state index is 6.40. The number of hydrogen-bond donors (Lipinski definition) is 0. The molecule has 1 radical (unpaired) electrons. The third-order valence-electron chi connectivity index (χ3n) is 4.23. The van der Waals surface area contributed by atoms with Crippen LogP contribution in [0.4, 0.5) is 0 Å². The van der Waals surface area contributed by atoms with E-state index in [0.717, 1.165) is 27.2 Å². The van der Waals surface area contributed by atoms with Crippen LogP contribution in [-0.2, 0) is 6.42 Å². The average molecular weight is 457 g/mol. The summed E-state index contributed by atoms with van der Waals surface area (Å²) in [5.74, 6) is 0.929. The van der Waals surface area contributed by atoms with Gasteiger partial charge in [0.1, 0.15) is 5.82 Å². The number of imidazole rings is 1. The first kappa shape index (κ1) is 18.3. The highest BCUT2D eigenvalue weighted by Gasteiger charge is 2.14. The highest BCUT2D eigenvalue weighted by atomic mass is 79.9. The molecule has 4 rings (SSSR count). The molecule has 0 saturated heterocycles. The number of halogens is 3. The van der Waals surface area contributed by atoms with Crippen LogP contribution >= 0.6 is 39.1 Å². The fourth-order valence-electron chi connectivity index (χ4n) is 2.91. The Morgan fingerprint density at radius 1 is 1.04 bits per heavy atom. The second-order valence-electron chi connectivity index (χ2n) is 6.10. The molecule has 1 aromatic heterocycles. The molecule has 3 aromatic carbocycles. The molecule has 2 nitrogen and oxygen atoms in total. The number of nitrogens with zero attached hydrogens (tertiary/aromatic N) is 2. The van der Waals surface area contributed by atoms with Crippen molar-refractivity contribution < 1.29 is 0 Å². The van der Waals surface area contributed by atoms with Crippen LogP contribution in [0.2, 0.25) is 10.0 Å². The van der Waals surface area contributed by atoms with Crippen molar-refractivity contribution >= 4 is 39.1 Å². The van der Waals surface area contributed by atoms with E-state index in [9.17, 15) is 0 Å². The molecule has 0 aliphatic heterocycles. The van der Waals surface area contributed by atoms with E-state index in [4.69, 9.17) is 28.2 Å². The highest BCUT2D eigenvalue weighted by Crippen LogP contribution is 2.31. The summed E-state index contributed by atoms with van der Waals surface area (Å²) in [5.41, 5.74) is 3.86. The Hall–Kier alpha value is -2.07. The molecule has 0 fully saturated rings. The third kappa shape index (κ3) is 4.11. The Morgan fingerprint density at radius 2 is 1.85 bits per heavy atom. The average Bonchev–Trinajstić information content (AvgIpc) is 3.08. The van der Waals surface area contributed by atoms with Crippen LogP contribution in [0.15, 0.2) is 77.4 Å². The van der Waals surface area contributed by atoms with Crippen molar-refractivity contribution in [2.45, 2.75) is 6.42 Å². The van der Waals surface area contributed by atoms with Crippen LogP contribution in [0.1, 0.15) is 11.4 Å². The standard InChI is InChI=1S/C22H14BrCl2N2/c23-16-8-6-15(7-9-16)12-22-26-21(19-11-10-17(24)13-20(19)25)14-27(22)18-4-2-1-3-5-18/h1-2,4-11,13-14H,12H2. The minimum absolute atomic E-state index is 0.585. The van der Waals surface area contributed by atoms with E-state index in [0.29, 0.717) is 16.5 Å². The van der Waals surface area contributed by atoms with Gasteiger partial charge < -0.3 is 4.57 Å².